The topological polar surface area (TPSA) is 41.5 Å². The summed E-state index contributed by atoms with van der Waals surface area (Å²) in [6, 6.07) is 5.59. The van der Waals surface area contributed by atoms with E-state index < -0.39 is 0 Å². The third kappa shape index (κ3) is 4.39. The number of aliphatic hydroxyl groups is 1. The second-order valence-electron chi connectivity index (χ2n) is 3.50. The SMILES string of the molecule is CCCOc1ccc(Cl)cc1CNCCO. The summed E-state index contributed by atoms with van der Waals surface area (Å²) < 4.78 is 5.61. The lowest BCUT2D eigenvalue weighted by atomic mass is 10.2. The van der Waals surface area contributed by atoms with Crippen LogP contribution in [-0.4, -0.2) is 24.9 Å². The molecule has 0 aliphatic rings. The minimum absolute atomic E-state index is 0.131. The van der Waals surface area contributed by atoms with E-state index in [0.717, 1.165) is 17.7 Å². The average molecular weight is 244 g/mol. The minimum atomic E-state index is 0.131. The number of hydrogen-bond donors (Lipinski definition) is 2. The molecule has 0 unspecified atom stereocenters. The standard InChI is InChI=1S/C12H18ClNO2/c1-2-7-16-12-4-3-11(13)8-10(12)9-14-5-6-15/h3-4,8,14-15H,2,5-7,9H2,1H3. The maximum absolute atomic E-state index is 8.69. The van der Waals surface area contributed by atoms with Gasteiger partial charge in [0, 0.05) is 23.7 Å². The summed E-state index contributed by atoms with van der Waals surface area (Å²) in [5.74, 6) is 0.858. The molecule has 0 radical (unpaired) electrons. The van der Waals surface area contributed by atoms with Crippen molar-refractivity contribution in [3.8, 4) is 5.75 Å². The number of nitrogens with one attached hydrogen (secondary N) is 1. The van der Waals surface area contributed by atoms with Gasteiger partial charge in [-0.2, -0.15) is 0 Å². The van der Waals surface area contributed by atoms with E-state index in [4.69, 9.17) is 21.4 Å². The Morgan fingerprint density at radius 2 is 2.25 bits per heavy atom. The Kier molecular flexibility index (Phi) is 6.23. The van der Waals surface area contributed by atoms with Crippen molar-refractivity contribution in [1.82, 2.24) is 5.32 Å². The van der Waals surface area contributed by atoms with Crippen molar-refractivity contribution >= 4 is 11.6 Å². The molecule has 0 atom stereocenters. The highest BCUT2D eigenvalue weighted by Gasteiger charge is 2.04. The molecule has 0 spiro atoms. The van der Waals surface area contributed by atoms with Crippen LogP contribution < -0.4 is 10.1 Å². The zero-order valence-corrected chi connectivity index (χ0v) is 10.3. The largest absolute Gasteiger partial charge is 0.493 e. The zero-order chi connectivity index (χ0) is 11.8. The van der Waals surface area contributed by atoms with Crippen LogP contribution in [0.25, 0.3) is 0 Å². The van der Waals surface area contributed by atoms with Crippen molar-refractivity contribution in [2.24, 2.45) is 0 Å². The van der Waals surface area contributed by atoms with Crippen molar-refractivity contribution in [3.63, 3.8) is 0 Å². The van der Waals surface area contributed by atoms with E-state index in [1.165, 1.54) is 0 Å². The highest BCUT2D eigenvalue weighted by molar-refractivity contribution is 6.30. The predicted octanol–water partition coefficient (Wildman–Crippen LogP) is 2.21. The van der Waals surface area contributed by atoms with Crippen LogP contribution in [0.15, 0.2) is 18.2 Å². The molecule has 4 heteroatoms. The maximum Gasteiger partial charge on any atom is 0.123 e. The molecule has 90 valence electrons. The monoisotopic (exact) mass is 243 g/mol. The van der Waals surface area contributed by atoms with E-state index >= 15 is 0 Å². The summed E-state index contributed by atoms with van der Waals surface area (Å²) >= 11 is 5.93. The highest BCUT2D eigenvalue weighted by Crippen LogP contribution is 2.22. The van der Waals surface area contributed by atoms with E-state index in [0.29, 0.717) is 24.7 Å². The Morgan fingerprint density at radius 1 is 1.44 bits per heavy atom. The van der Waals surface area contributed by atoms with Crippen LogP contribution in [0.4, 0.5) is 0 Å². The third-order valence-corrected chi connectivity index (χ3v) is 2.32. The first-order valence-electron chi connectivity index (χ1n) is 5.50. The summed E-state index contributed by atoms with van der Waals surface area (Å²) in [5.41, 5.74) is 1.02. The number of benzene rings is 1. The lowest BCUT2D eigenvalue weighted by Crippen LogP contribution is -2.18. The average Bonchev–Trinajstić information content (AvgIpc) is 2.28. The second-order valence-corrected chi connectivity index (χ2v) is 3.94. The molecule has 0 saturated carbocycles. The smallest absolute Gasteiger partial charge is 0.123 e. The van der Waals surface area contributed by atoms with Crippen LogP contribution >= 0.6 is 11.6 Å². The van der Waals surface area contributed by atoms with E-state index in [-0.39, 0.29) is 6.61 Å². The van der Waals surface area contributed by atoms with Gasteiger partial charge >= 0.3 is 0 Å². The van der Waals surface area contributed by atoms with E-state index in [1.807, 2.05) is 18.2 Å². The molecule has 0 amide bonds. The van der Waals surface area contributed by atoms with Gasteiger partial charge in [0.15, 0.2) is 0 Å². The van der Waals surface area contributed by atoms with Crippen LogP contribution in [0.1, 0.15) is 18.9 Å². The van der Waals surface area contributed by atoms with Crippen LogP contribution in [0.2, 0.25) is 5.02 Å². The van der Waals surface area contributed by atoms with Gasteiger partial charge in [0.2, 0.25) is 0 Å². The van der Waals surface area contributed by atoms with Gasteiger partial charge in [0.1, 0.15) is 5.75 Å². The minimum Gasteiger partial charge on any atom is -0.493 e. The summed E-state index contributed by atoms with van der Waals surface area (Å²) in [5, 5.41) is 12.5. The zero-order valence-electron chi connectivity index (χ0n) is 9.50. The molecule has 2 N–H and O–H groups in total. The van der Waals surface area contributed by atoms with Crippen LogP contribution in [0.5, 0.6) is 5.75 Å². The van der Waals surface area contributed by atoms with Crippen molar-refractivity contribution in [3.05, 3.63) is 28.8 Å². The summed E-state index contributed by atoms with van der Waals surface area (Å²) in [4.78, 5) is 0. The molecule has 1 aromatic rings. The van der Waals surface area contributed by atoms with Crippen LogP contribution in [0.3, 0.4) is 0 Å². The third-order valence-electron chi connectivity index (χ3n) is 2.09. The van der Waals surface area contributed by atoms with Gasteiger partial charge in [0.05, 0.1) is 13.2 Å². The Labute approximate surface area is 101 Å². The lowest BCUT2D eigenvalue weighted by molar-refractivity contribution is 0.289. The van der Waals surface area contributed by atoms with Gasteiger partial charge < -0.3 is 15.2 Å². The Hall–Kier alpha value is -0.770. The summed E-state index contributed by atoms with van der Waals surface area (Å²) in [6.45, 7) is 4.12. The molecule has 0 bridgehead atoms. The van der Waals surface area contributed by atoms with E-state index in [9.17, 15) is 0 Å². The predicted molar refractivity (Wildman–Crippen MR) is 66.0 cm³/mol. The van der Waals surface area contributed by atoms with E-state index in [2.05, 4.69) is 12.2 Å². The van der Waals surface area contributed by atoms with Crippen molar-refractivity contribution in [1.29, 1.82) is 0 Å². The summed E-state index contributed by atoms with van der Waals surface area (Å²) in [6.07, 6.45) is 0.978. The normalized spacial score (nSPS) is 10.4. The van der Waals surface area contributed by atoms with Gasteiger partial charge in [-0.3, -0.25) is 0 Å². The highest BCUT2D eigenvalue weighted by atomic mass is 35.5. The van der Waals surface area contributed by atoms with Gasteiger partial charge in [0.25, 0.3) is 0 Å². The molecule has 0 aromatic heterocycles. The lowest BCUT2D eigenvalue weighted by Gasteiger charge is -2.11. The van der Waals surface area contributed by atoms with Crippen molar-refractivity contribution < 1.29 is 9.84 Å². The fourth-order valence-electron chi connectivity index (χ4n) is 1.34. The number of aliphatic hydroxyl groups excluding tert-OH is 1. The van der Waals surface area contributed by atoms with Gasteiger partial charge in [-0.25, -0.2) is 0 Å². The molecule has 3 nitrogen and oxygen atoms in total. The number of hydrogen-bond acceptors (Lipinski definition) is 3. The van der Waals surface area contributed by atoms with Crippen molar-refractivity contribution in [2.45, 2.75) is 19.9 Å². The first kappa shape index (κ1) is 13.3. The molecule has 0 fully saturated rings. The Bertz CT molecular complexity index is 318. The molecule has 0 saturated heterocycles. The van der Waals surface area contributed by atoms with Gasteiger partial charge in [-0.1, -0.05) is 18.5 Å². The number of ether oxygens (including phenoxy) is 1. The quantitative estimate of drug-likeness (QED) is 0.722. The second kappa shape index (κ2) is 7.49. The van der Waals surface area contributed by atoms with Crippen LogP contribution in [0, 0.1) is 0 Å². The molecule has 16 heavy (non-hydrogen) atoms. The molecule has 1 aromatic carbocycles. The molecular formula is C12H18ClNO2. The van der Waals surface area contributed by atoms with Crippen molar-refractivity contribution in [2.75, 3.05) is 19.8 Å². The fraction of sp³-hybridized carbons (Fsp3) is 0.500. The summed E-state index contributed by atoms with van der Waals surface area (Å²) in [7, 11) is 0. The Balaban J connectivity index is 2.65. The molecule has 0 heterocycles. The van der Waals surface area contributed by atoms with Gasteiger partial charge in [-0.05, 0) is 24.6 Å². The van der Waals surface area contributed by atoms with E-state index in [1.54, 1.807) is 0 Å². The Morgan fingerprint density at radius 3 is 2.94 bits per heavy atom. The van der Waals surface area contributed by atoms with Gasteiger partial charge in [-0.15, -0.1) is 0 Å². The van der Waals surface area contributed by atoms with Crippen LogP contribution in [-0.2, 0) is 6.54 Å². The maximum atomic E-state index is 8.69. The molecule has 0 aliphatic heterocycles. The molecule has 1 rings (SSSR count). The fourth-order valence-corrected chi connectivity index (χ4v) is 1.54. The molecular weight excluding hydrogens is 226 g/mol. The first-order chi connectivity index (χ1) is 7.77. The number of halogens is 1. The number of rotatable bonds is 7. The molecule has 0 aliphatic carbocycles. The first-order valence-corrected chi connectivity index (χ1v) is 5.88.